The monoisotopic (exact) mass is 382 g/mol. The van der Waals surface area contributed by atoms with E-state index < -0.39 is 28.8 Å². The molecule has 0 aliphatic rings. The average Bonchev–Trinajstić information content (AvgIpc) is 2.64. The van der Waals surface area contributed by atoms with Gasteiger partial charge in [-0.3, -0.25) is 19.7 Å². The zero-order valence-corrected chi connectivity index (χ0v) is 15.4. The van der Waals surface area contributed by atoms with E-state index in [1.807, 2.05) is 0 Å². The highest BCUT2D eigenvalue weighted by atomic mass is 16.6. The largest absolute Gasteiger partial charge is 0.490 e. The highest BCUT2D eigenvalue weighted by Crippen LogP contribution is 2.27. The smallest absolute Gasteiger partial charge is 0.328 e. The molecular formula is C17H22N2O8. The molecule has 0 aromatic heterocycles. The number of nitro groups is 1. The molecule has 1 atom stereocenters. The molecule has 1 amide bonds. The number of amides is 1. The van der Waals surface area contributed by atoms with Gasteiger partial charge >= 0.3 is 17.6 Å². The van der Waals surface area contributed by atoms with Gasteiger partial charge in [0, 0.05) is 24.1 Å². The summed E-state index contributed by atoms with van der Waals surface area (Å²) in [5.41, 5.74) is -0.235. The van der Waals surface area contributed by atoms with Gasteiger partial charge in [0.05, 0.1) is 25.2 Å². The van der Waals surface area contributed by atoms with Crippen molar-refractivity contribution in [2.75, 3.05) is 20.3 Å². The molecule has 0 saturated heterocycles. The number of carbonyl (C=O) groups excluding carboxylic acids is 3. The van der Waals surface area contributed by atoms with Crippen molar-refractivity contribution in [3.05, 3.63) is 33.9 Å². The lowest BCUT2D eigenvalue weighted by Gasteiger charge is -2.17. The molecule has 1 aromatic rings. The maximum Gasteiger partial charge on any atom is 0.328 e. The summed E-state index contributed by atoms with van der Waals surface area (Å²) >= 11 is 0. The van der Waals surface area contributed by atoms with Crippen LogP contribution in [0.2, 0.25) is 0 Å². The molecule has 10 nitrogen and oxygen atoms in total. The number of rotatable bonds is 10. The van der Waals surface area contributed by atoms with E-state index in [2.05, 4.69) is 5.32 Å². The molecule has 0 saturated carbocycles. The Morgan fingerprint density at radius 1 is 1.19 bits per heavy atom. The summed E-state index contributed by atoms with van der Waals surface area (Å²) in [6, 6.07) is 2.50. The third kappa shape index (κ3) is 6.57. The highest BCUT2D eigenvalue weighted by Gasteiger charge is 2.25. The third-order valence-corrected chi connectivity index (χ3v) is 3.46. The van der Waals surface area contributed by atoms with Crippen LogP contribution in [0.15, 0.2) is 18.2 Å². The minimum atomic E-state index is -1.07. The van der Waals surface area contributed by atoms with Crippen LogP contribution < -0.4 is 10.1 Å². The summed E-state index contributed by atoms with van der Waals surface area (Å²) in [4.78, 5) is 46.3. The second kappa shape index (κ2) is 10.7. The summed E-state index contributed by atoms with van der Waals surface area (Å²) in [6.07, 6.45) is -0.0886. The van der Waals surface area contributed by atoms with Crippen molar-refractivity contribution in [3.63, 3.8) is 0 Å². The van der Waals surface area contributed by atoms with E-state index in [4.69, 9.17) is 14.2 Å². The van der Waals surface area contributed by atoms with E-state index in [1.54, 1.807) is 13.8 Å². The van der Waals surface area contributed by atoms with Crippen LogP contribution in [0.1, 0.15) is 37.0 Å². The number of carbonyl (C=O) groups is 3. The molecule has 10 heteroatoms. The highest BCUT2D eigenvalue weighted by molar-refractivity contribution is 5.97. The number of ether oxygens (including phenoxy) is 3. The number of esters is 2. The molecule has 0 aliphatic heterocycles. The fourth-order valence-electron chi connectivity index (χ4n) is 2.20. The van der Waals surface area contributed by atoms with Crippen LogP contribution in [-0.2, 0) is 19.1 Å². The van der Waals surface area contributed by atoms with Gasteiger partial charge in [0.15, 0.2) is 5.75 Å². The molecule has 0 unspecified atom stereocenters. The standard InChI is InChI=1S/C17H22N2O8/c1-4-26-15(20)9-7-12(17(22)27-5-2)18-16(21)11-6-8-13(19(23)24)14(10-11)25-3/h6,8,10,12H,4-5,7,9H2,1-3H3,(H,18,21)/t12-/m0/s1. The Hall–Kier alpha value is -3.17. The third-order valence-electron chi connectivity index (χ3n) is 3.46. The van der Waals surface area contributed by atoms with Crippen molar-refractivity contribution in [3.8, 4) is 5.75 Å². The topological polar surface area (TPSA) is 134 Å². The molecule has 0 bridgehead atoms. The summed E-state index contributed by atoms with van der Waals surface area (Å²) in [6.45, 7) is 3.58. The quantitative estimate of drug-likeness (QED) is 0.366. The van der Waals surface area contributed by atoms with E-state index >= 15 is 0 Å². The van der Waals surface area contributed by atoms with Crippen LogP contribution in [0.3, 0.4) is 0 Å². The minimum absolute atomic E-state index is 0.00643. The van der Waals surface area contributed by atoms with Crippen LogP contribution in [0.5, 0.6) is 5.75 Å². The van der Waals surface area contributed by atoms with E-state index in [9.17, 15) is 24.5 Å². The molecule has 0 aliphatic carbocycles. The van der Waals surface area contributed by atoms with Gasteiger partial charge in [-0.15, -0.1) is 0 Å². The average molecular weight is 382 g/mol. The number of benzene rings is 1. The van der Waals surface area contributed by atoms with Crippen LogP contribution in [0.4, 0.5) is 5.69 Å². The van der Waals surface area contributed by atoms with Crippen molar-refractivity contribution in [2.24, 2.45) is 0 Å². The van der Waals surface area contributed by atoms with Gasteiger partial charge < -0.3 is 19.5 Å². The molecule has 1 rings (SSSR count). The molecular weight excluding hydrogens is 360 g/mol. The number of methoxy groups -OCH3 is 1. The molecule has 0 heterocycles. The number of nitro benzene ring substituents is 1. The van der Waals surface area contributed by atoms with Crippen LogP contribution >= 0.6 is 0 Å². The van der Waals surface area contributed by atoms with Gasteiger partial charge in [0.25, 0.3) is 5.91 Å². The van der Waals surface area contributed by atoms with E-state index in [-0.39, 0.29) is 43.1 Å². The SMILES string of the molecule is CCOC(=O)CC[C@H](NC(=O)c1ccc([N+](=O)[O-])c(OC)c1)C(=O)OCC. The van der Waals surface area contributed by atoms with Crippen molar-refractivity contribution < 1.29 is 33.5 Å². The van der Waals surface area contributed by atoms with Gasteiger partial charge in [0.1, 0.15) is 6.04 Å². The Balaban J connectivity index is 2.93. The van der Waals surface area contributed by atoms with Gasteiger partial charge in [-0.05, 0) is 26.3 Å². The Labute approximate surface area is 155 Å². The number of hydrogen-bond acceptors (Lipinski definition) is 8. The summed E-state index contributed by atoms with van der Waals surface area (Å²) in [5, 5.41) is 13.4. The number of nitrogens with zero attached hydrogens (tertiary/aromatic N) is 1. The molecule has 1 aromatic carbocycles. The van der Waals surface area contributed by atoms with Crippen LogP contribution in [0.25, 0.3) is 0 Å². The van der Waals surface area contributed by atoms with Crippen LogP contribution in [-0.4, -0.2) is 49.1 Å². The van der Waals surface area contributed by atoms with E-state index in [0.717, 1.165) is 6.07 Å². The Bertz CT molecular complexity index is 704. The fraction of sp³-hybridized carbons (Fsp3) is 0.471. The van der Waals surface area contributed by atoms with E-state index in [1.165, 1.54) is 19.2 Å². The first kappa shape index (κ1) is 21.9. The zero-order valence-electron chi connectivity index (χ0n) is 15.4. The lowest BCUT2D eigenvalue weighted by atomic mass is 10.1. The Morgan fingerprint density at radius 3 is 2.41 bits per heavy atom. The predicted octanol–water partition coefficient (Wildman–Crippen LogP) is 1.61. The maximum atomic E-state index is 12.4. The Kier molecular flexibility index (Phi) is 8.70. The molecule has 148 valence electrons. The minimum Gasteiger partial charge on any atom is -0.490 e. The number of nitrogens with one attached hydrogen (secondary N) is 1. The van der Waals surface area contributed by atoms with Gasteiger partial charge in [-0.25, -0.2) is 4.79 Å². The second-order valence-corrected chi connectivity index (χ2v) is 5.27. The number of hydrogen-bond donors (Lipinski definition) is 1. The predicted molar refractivity (Wildman–Crippen MR) is 93.4 cm³/mol. The molecule has 0 fully saturated rings. The summed E-state index contributed by atoms with van der Waals surface area (Å²) < 4.78 is 14.6. The normalized spacial score (nSPS) is 11.2. The van der Waals surface area contributed by atoms with E-state index in [0.29, 0.717) is 0 Å². The molecule has 27 heavy (non-hydrogen) atoms. The van der Waals surface area contributed by atoms with Gasteiger partial charge in [-0.2, -0.15) is 0 Å². The van der Waals surface area contributed by atoms with Gasteiger partial charge in [-0.1, -0.05) is 0 Å². The fourth-order valence-corrected chi connectivity index (χ4v) is 2.20. The lowest BCUT2D eigenvalue weighted by molar-refractivity contribution is -0.385. The van der Waals surface area contributed by atoms with Crippen molar-refractivity contribution in [1.29, 1.82) is 0 Å². The van der Waals surface area contributed by atoms with Gasteiger partial charge in [0.2, 0.25) is 0 Å². The van der Waals surface area contributed by atoms with Crippen molar-refractivity contribution in [2.45, 2.75) is 32.7 Å². The van der Waals surface area contributed by atoms with Crippen LogP contribution in [0, 0.1) is 10.1 Å². The molecule has 0 radical (unpaired) electrons. The first-order valence-corrected chi connectivity index (χ1v) is 8.29. The Morgan fingerprint density at radius 2 is 1.85 bits per heavy atom. The van der Waals surface area contributed by atoms with Crippen molar-refractivity contribution in [1.82, 2.24) is 5.32 Å². The second-order valence-electron chi connectivity index (χ2n) is 5.27. The molecule has 1 N–H and O–H groups in total. The summed E-state index contributed by atoms with van der Waals surface area (Å²) in [7, 11) is 1.24. The zero-order chi connectivity index (χ0) is 20.4. The maximum absolute atomic E-state index is 12.4. The first-order valence-electron chi connectivity index (χ1n) is 8.29. The first-order chi connectivity index (χ1) is 12.8. The summed E-state index contributed by atoms with van der Waals surface area (Å²) in [5.74, 6) is -1.95. The molecule has 0 spiro atoms. The van der Waals surface area contributed by atoms with Crippen molar-refractivity contribution >= 4 is 23.5 Å². The lowest BCUT2D eigenvalue weighted by Crippen LogP contribution is -2.42.